The lowest BCUT2D eigenvalue weighted by atomic mass is 10.2. The van der Waals surface area contributed by atoms with E-state index in [-0.39, 0.29) is 0 Å². The fourth-order valence-electron chi connectivity index (χ4n) is 1.66. The first kappa shape index (κ1) is 15.5. The zero-order valence-electron chi connectivity index (χ0n) is 11.8. The molecule has 0 aliphatic rings. The van der Waals surface area contributed by atoms with Crippen LogP contribution in [-0.2, 0) is 11.3 Å². The first-order valence-electron chi connectivity index (χ1n) is 6.42. The van der Waals surface area contributed by atoms with Gasteiger partial charge in [-0.2, -0.15) is 0 Å². The van der Waals surface area contributed by atoms with Crippen molar-refractivity contribution < 1.29 is 14.2 Å². The third-order valence-corrected chi connectivity index (χ3v) is 2.69. The molecule has 0 aliphatic heterocycles. The minimum Gasteiger partial charge on any atom is -0.497 e. The fourth-order valence-corrected chi connectivity index (χ4v) is 1.66. The molecular formula is C15H23NO3. The van der Waals surface area contributed by atoms with Crippen molar-refractivity contribution in [3.63, 3.8) is 0 Å². The van der Waals surface area contributed by atoms with Gasteiger partial charge >= 0.3 is 0 Å². The fraction of sp³-hybridized carbons (Fsp3) is 0.467. The maximum atomic E-state index is 5.42. The molecule has 0 amide bonds. The molecule has 0 fully saturated rings. The molecule has 0 spiro atoms. The van der Waals surface area contributed by atoms with E-state index >= 15 is 0 Å². The van der Waals surface area contributed by atoms with Crippen molar-refractivity contribution in [2.24, 2.45) is 0 Å². The van der Waals surface area contributed by atoms with Gasteiger partial charge in [-0.1, -0.05) is 6.08 Å². The van der Waals surface area contributed by atoms with Crippen molar-refractivity contribution in [2.75, 3.05) is 34.0 Å². The predicted octanol–water partition coefficient (Wildman–Crippen LogP) is 2.39. The van der Waals surface area contributed by atoms with E-state index in [0.29, 0.717) is 6.61 Å². The average molecular weight is 265 g/mol. The van der Waals surface area contributed by atoms with Crippen molar-refractivity contribution in [1.82, 2.24) is 5.32 Å². The summed E-state index contributed by atoms with van der Waals surface area (Å²) >= 11 is 0. The van der Waals surface area contributed by atoms with E-state index < -0.39 is 0 Å². The van der Waals surface area contributed by atoms with Gasteiger partial charge in [-0.15, -0.1) is 6.58 Å². The summed E-state index contributed by atoms with van der Waals surface area (Å²) < 4.78 is 15.9. The Labute approximate surface area is 115 Å². The molecule has 0 saturated carbocycles. The zero-order valence-corrected chi connectivity index (χ0v) is 11.8. The smallest absolute Gasteiger partial charge is 0.123 e. The highest BCUT2D eigenvalue weighted by Gasteiger charge is 2.04. The Bertz CT molecular complexity index is 380. The second kappa shape index (κ2) is 9.42. The van der Waals surface area contributed by atoms with Crippen LogP contribution in [0.2, 0.25) is 0 Å². The number of hydrogen-bond donors (Lipinski definition) is 1. The summed E-state index contributed by atoms with van der Waals surface area (Å²) in [5.41, 5.74) is 1.08. The summed E-state index contributed by atoms with van der Waals surface area (Å²) in [4.78, 5) is 0. The molecule has 0 bridgehead atoms. The summed E-state index contributed by atoms with van der Waals surface area (Å²) in [6.07, 6.45) is 2.75. The monoisotopic (exact) mass is 265 g/mol. The Kier molecular flexibility index (Phi) is 7.70. The molecule has 1 aromatic rings. The summed E-state index contributed by atoms with van der Waals surface area (Å²) in [5.74, 6) is 1.70. The van der Waals surface area contributed by atoms with Crippen molar-refractivity contribution >= 4 is 0 Å². The second-order valence-electron chi connectivity index (χ2n) is 4.04. The first-order valence-corrected chi connectivity index (χ1v) is 6.42. The van der Waals surface area contributed by atoms with Crippen LogP contribution >= 0.6 is 0 Å². The van der Waals surface area contributed by atoms with Crippen LogP contribution in [0.1, 0.15) is 12.0 Å². The first-order chi connectivity index (χ1) is 9.31. The Morgan fingerprint density at radius 3 is 2.74 bits per heavy atom. The van der Waals surface area contributed by atoms with Crippen molar-refractivity contribution in [2.45, 2.75) is 13.0 Å². The van der Waals surface area contributed by atoms with Crippen LogP contribution in [0.4, 0.5) is 0 Å². The summed E-state index contributed by atoms with van der Waals surface area (Å²) in [6.45, 7) is 6.60. The van der Waals surface area contributed by atoms with Gasteiger partial charge in [0.25, 0.3) is 0 Å². The Hall–Kier alpha value is -1.52. The summed E-state index contributed by atoms with van der Waals surface area (Å²) in [5, 5.41) is 3.32. The van der Waals surface area contributed by atoms with Gasteiger partial charge in [0.15, 0.2) is 0 Å². The van der Waals surface area contributed by atoms with Gasteiger partial charge in [0.1, 0.15) is 11.5 Å². The Balaban J connectivity index is 2.33. The maximum Gasteiger partial charge on any atom is 0.123 e. The largest absolute Gasteiger partial charge is 0.497 e. The van der Waals surface area contributed by atoms with Crippen LogP contribution in [-0.4, -0.2) is 34.0 Å². The standard InChI is InChI=1S/C15H23NO3/c1-4-5-9-19-10-8-16-12-13-11-14(17-2)6-7-15(13)18-3/h4,6-7,11,16H,1,5,8-10,12H2,2-3H3. The third kappa shape index (κ3) is 5.77. The number of benzene rings is 1. The molecule has 0 unspecified atom stereocenters. The minimum absolute atomic E-state index is 0.695. The molecule has 0 radical (unpaired) electrons. The van der Waals surface area contributed by atoms with Gasteiger partial charge in [0.05, 0.1) is 27.4 Å². The van der Waals surface area contributed by atoms with Gasteiger partial charge in [-0.25, -0.2) is 0 Å². The minimum atomic E-state index is 0.695. The van der Waals surface area contributed by atoms with E-state index in [1.807, 2.05) is 24.3 Å². The predicted molar refractivity (Wildman–Crippen MR) is 76.9 cm³/mol. The van der Waals surface area contributed by atoms with E-state index in [0.717, 1.165) is 43.2 Å². The van der Waals surface area contributed by atoms with Crippen LogP contribution in [0.3, 0.4) is 0 Å². The molecule has 1 aromatic carbocycles. The van der Waals surface area contributed by atoms with Gasteiger partial charge < -0.3 is 19.5 Å². The number of methoxy groups -OCH3 is 2. The molecule has 19 heavy (non-hydrogen) atoms. The molecule has 106 valence electrons. The van der Waals surface area contributed by atoms with Crippen LogP contribution < -0.4 is 14.8 Å². The van der Waals surface area contributed by atoms with Crippen molar-refractivity contribution in [1.29, 1.82) is 0 Å². The number of rotatable bonds is 10. The van der Waals surface area contributed by atoms with Crippen LogP contribution in [0.25, 0.3) is 0 Å². The molecule has 1 N–H and O–H groups in total. The van der Waals surface area contributed by atoms with Gasteiger partial charge in [0, 0.05) is 18.7 Å². The molecule has 0 aromatic heterocycles. The SMILES string of the molecule is C=CCCOCCNCc1cc(OC)ccc1OC. The molecular weight excluding hydrogens is 242 g/mol. The van der Waals surface area contributed by atoms with Gasteiger partial charge in [-0.05, 0) is 24.6 Å². The van der Waals surface area contributed by atoms with Gasteiger partial charge in [0.2, 0.25) is 0 Å². The maximum absolute atomic E-state index is 5.42. The zero-order chi connectivity index (χ0) is 13.9. The highest BCUT2D eigenvalue weighted by molar-refractivity contribution is 5.40. The van der Waals surface area contributed by atoms with E-state index in [1.54, 1.807) is 14.2 Å². The lowest BCUT2D eigenvalue weighted by molar-refractivity contribution is 0.140. The van der Waals surface area contributed by atoms with E-state index in [9.17, 15) is 0 Å². The normalized spacial score (nSPS) is 10.2. The number of hydrogen-bond acceptors (Lipinski definition) is 4. The summed E-state index contributed by atoms with van der Waals surface area (Å²) in [6, 6.07) is 5.78. The molecule has 1 rings (SSSR count). The Morgan fingerprint density at radius 2 is 2.05 bits per heavy atom. The lowest BCUT2D eigenvalue weighted by Crippen LogP contribution is -2.19. The van der Waals surface area contributed by atoms with Crippen LogP contribution in [0, 0.1) is 0 Å². The molecule has 0 heterocycles. The van der Waals surface area contributed by atoms with E-state index in [1.165, 1.54) is 0 Å². The quantitative estimate of drug-likeness (QED) is 0.521. The van der Waals surface area contributed by atoms with E-state index in [2.05, 4.69) is 11.9 Å². The third-order valence-electron chi connectivity index (χ3n) is 2.69. The number of ether oxygens (including phenoxy) is 3. The molecule has 4 heteroatoms. The van der Waals surface area contributed by atoms with Crippen molar-refractivity contribution in [3.05, 3.63) is 36.4 Å². The van der Waals surface area contributed by atoms with Crippen LogP contribution in [0.15, 0.2) is 30.9 Å². The molecule has 4 nitrogen and oxygen atoms in total. The van der Waals surface area contributed by atoms with Crippen LogP contribution in [0.5, 0.6) is 11.5 Å². The average Bonchev–Trinajstić information content (AvgIpc) is 2.46. The Morgan fingerprint density at radius 1 is 1.21 bits per heavy atom. The second-order valence-corrected chi connectivity index (χ2v) is 4.04. The van der Waals surface area contributed by atoms with Gasteiger partial charge in [-0.3, -0.25) is 0 Å². The van der Waals surface area contributed by atoms with E-state index in [4.69, 9.17) is 14.2 Å². The highest BCUT2D eigenvalue weighted by atomic mass is 16.5. The van der Waals surface area contributed by atoms with Crippen molar-refractivity contribution in [3.8, 4) is 11.5 Å². The highest BCUT2D eigenvalue weighted by Crippen LogP contribution is 2.23. The molecule has 0 atom stereocenters. The topological polar surface area (TPSA) is 39.7 Å². The molecule has 0 aliphatic carbocycles. The number of nitrogens with one attached hydrogen (secondary N) is 1. The molecule has 0 saturated heterocycles. The summed E-state index contributed by atoms with van der Waals surface area (Å²) in [7, 11) is 3.33. The lowest BCUT2D eigenvalue weighted by Gasteiger charge is -2.11.